The third kappa shape index (κ3) is 4.70. The summed E-state index contributed by atoms with van der Waals surface area (Å²) in [4.78, 5) is 17.0. The second-order valence-corrected chi connectivity index (χ2v) is 8.59. The van der Waals surface area contributed by atoms with Crippen LogP contribution in [0.5, 0.6) is 0 Å². The largest absolute Gasteiger partial charge is 0.321 e. The lowest BCUT2D eigenvalue weighted by Gasteiger charge is -2.51. The lowest BCUT2D eigenvalue weighted by molar-refractivity contribution is 0.0221. The zero-order valence-corrected chi connectivity index (χ0v) is 14.9. The Morgan fingerprint density at radius 1 is 0.737 bits per heavy atom. The molecule has 0 heterocycles. The van der Waals surface area contributed by atoms with Gasteiger partial charge >= 0.3 is 6.03 Å². The molecule has 0 aliphatic heterocycles. The first-order chi connectivity index (χ1) is 8.10. The van der Waals surface area contributed by atoms with Gasteiger partial charge in [-0.3, -0.25) is 0 Å². The number of carbonyl (C=O) groups is 1. The monoisotopic (exact) mass is 270 g/mol. The predicted molar refractivity (Wildman–Crippen MR) is 83.5 cm³/mol. The van der Waals surface area contributed by atoms with Gasteiger partial charge in [0.25, 0.3) is 0 Å². The third-order valence-corrected chi connectivity index (χ3v) is 2.98. The Morgan fingerprint density at radius 3 is 1.21 bits per heavy atom. The summed E-state index contributed by atoms with van der Waals surface area (Å²) in [5.74, 6) is 0. The standard InChI is InChI=1S/C16H34N2O/c1-12(2)17(14(3,4)5)13(19)18(15(6,7)8)16(9,10)11/h12H,1-11H3. The van der Waals surface area contributed by atoms with Gasteiger partial charge in [-0.2, -0.15) is 0 Å². The summed E-state index contributed by atoms with van der Waals surface area (Å²) >= 11 is 0. The zero-order chi connectivity index (χ0) is 15.8. The van der Waals surface area contributed by atoms with E-state index in [-0.39, 0.29) is 28.7 Å². The molecule has 0 rings (SSSR count). The third-order valence-electron chi connectivity index (χ3n) is 2.98. The van der Waals surface area contributed by atoms with E-state index in [9.17, 15) is 4.79 Å². The highest BCUT2D eigenvalue weighted by molar-refractivity contribution is 5.77. The minimum absolute atomic E-state index is 0.113. The molecule has 0 unspecified atom stereocenters. The molecule has 0 aromatic rings. The summed E-state index contributed by atoms with van der Waals surface area (Å²) in [5.41, 5.74) is -0.582. The van der Waals surface area contributed by atoms with E-state index in [4.69, 9.17) is 0 Å². The first kappa shape index (κ1) is 18.3. The van der Waals surface area contributed by atoms with Gasteiger partial charge in [0.05, 0.1) is 0 Å². The summed E-state index contributed by atoms with van der Waals surface area (Å²) < 4.78 is 0. The molecule has 0 saturated carbocycles. The maximum absolute atomic E-state index is 13.1. The maximum Gasteiger partial charge on any atom is 0.321 e. The molecule has 0 fully saturated rings. The molecule has 0 bridgehead atoms. The Bertz CT molecular complexity index is 299. The van der Waals surface area contributed by atoms with Crippen LogP contribution in [0, 0.1) is 0 Å². The molecule has 0 radical (unpaired) electrons. The first-order valence-electron chi connectivity index (χ1n) is 7.24. The molecule has 3 nitrogen and oxygen atoms in total. The van der Waals surface area contributed by atoms with Crippen LogP contribution in [0.4, 0.5) is 4.79 Å². The number of hydrogen-bond acceptors (Lipinski definition) is 1. The second-order valence-electron chi connectivity index (χ2n) is 8.59. The molecule has 0 aromatic heterocycles. The fraction of sp³-hybridized carbons (Fsp3) is 0.938. The van der Waals surface area contributed by atoms with Crippen LogP contribution in [-0.4, -0.2) is 38.5 Å². The maximum atomic E-state index is 13.1. The van der Waals surface area contributed by atoms with Crippen LogP contribution in [0.25, 0.3) is 0 Å². The average molecular weight is 270 g/mol. The molecule has 0 saturated heterocycles. The summed E-state index contributed by atoms with van der Waals surface area (Å²) in [7, 11) is 0. The van der Waals surface area contributed by atoms with Crippen molar-refractivity contribution in [1.29, 1.82) is 0 Å². The van der Waals surface area contributed by atoms with E-state index < -0.39 is 0 Å². The van der Waals surface area contributed by atoms with Crippen molar-refractivity contribution in [3.8, 4) is 0 Å². The topological polar surface area (TPSA) is 23.6 Å². The van der Waals surface area contributed by atoms with Crippen molar-refractivity contribution in [2.24, 2.45) is 0 Å². The summed E-state index contributed by atoms with van der Waals surface area (Å²) in [6, 6.07) is 0.294. The van der Waals surface area contributed by atoms with Gasteiger partial charge in [-0.25, -0.2) is 4.79 Å². The zero-order valence-electron chi connectivity index (χ0n) is 14.9. The Kier molecular flexibility index (Phi) is 5.13. The minimum atomic E-state index is -0.201. The highest BCUT2D eigenvalue weighted by Gasteiger charge is 2.41. The van der Waals surface area contributed by atoms with Crippen LogP contribution in [0.1, 0.15) is 76.2 Å². The van der Waals surface area contributed by atoms with Crippen LogP contribution < -0.4 is 0 Å². The molecule has 0 spiro atoms. The van der Waals surface area contributed by atoms with Crippen LogP contribution in [0.3, 0.4) is 0 Å². The van der Waals surface area contributed by atoms with Crippen molar-refractivity contribution in [3.63, 3.8) is 0 Å². The fourth-order valence-corrected chi connectivity index (χ4v) is 2.97. The smallest absolute Gasteiger partial charge is 0.317 e. The molecule has 0 aromatic carbocycles. The van der Waals surface area contributed by atoms with E-state index >= 15 is 0 Å². The van der Waals surface area contributed by atoms with Crippen molar-refractivity contribution in [2.45, 2.75) is 98.8 Å². The normalized spacial score (nSPS) is 13.7. The molecule has 0 aliphatic rings. The van der Waals surface area contributed by atoms with Gasteiger partial charge in [0.1, 0.15) is 0 Å². The highest BCUT2D eigenvalue weighted by Crippen LogP contribution is 2.30. The van der Waals surface area contributed by atoms with Crippen LogP contribution in [-0.2, 0) is 0 Å². The fourth-order valence-electron chi connectivity index (χ4n) is 2.97. The summed E-state index contributed by atoms with van der Waals surface area (Å²) in [6.45, 7) is 23.0. The molecule has 0 atom stereocenters. The van der Waals surface area contributed by atoms with E-state index in [0.717, 1.165) is 0 Å². The number of amides is 2. The molecular formula is C16H34N2O. The van der Waals surface area contributed by atoms with Crippen LogP contribution in [0.2, 0.25) is 0 Å². The number of carbonyl (C=O) groups excluding carboxylic acids is 1. The molecular weight excluding hydrogens is 236 g/mol. The van der Waals surface area contributed by atoms with E-state index in [1.54, 1.807) is 0 Å². The Morgan fingerprint density at radius 2 is 1.05 bits per heavy atom. The van der Waals surface area contributed by atoms with Gasteiger partial charge in [0.2, 0.25) is 0 Å². The van der Waals surface area contributed by atoms with E-state index in [2.05, 4.69) is 76.2 Å². The van der Waals surface area contributed by atoms with Crippen molar-refractivity contribution in [3.05, 3.63) is 0 Å². The molecule has 0 N–H and O–H groups in total. The van der Waals surface area contributed by atoms with E-state index in [1.807, 2.05) is 9.80 Å². The SMILES string of the molecule is CC(C)N(C(=O)N(C(C)(C)C)C(C)(C)C)C(C)(C)C. The second kappa shape index (κ2) is 5.34. The van der Waals surface area contributed by atoms with Gasteiger partial charge in [-0.1, -0.05) is 0 Å². The minimum Gasteiger partial charge on any atom is -0.317 e. The van der Waals surface area contributed by atoms with E-state index in [0.29, 0.717) is 0 Å². The molecule has 0 aliphatic carbocycles. The van der Waals surface area contributed by atoms with Crippen LogP contribution in [0.15, 0.2) is 0 Å². The Labute approximate surface area is 120 Å². The number of hydrogen-bond donors (Lipinski definition) is 0. The van der Waals surface area contributed by atoms with Gasteiger partial charge in [0, 0.05) is 22.7 Å². The summed E-state index contributed by atoms with van der Waals surface area (Å²) in [6.07, 6.45) is 0. The van der Waals surface area contributed by atoms with Crippen molar-refractivity contribution in [1.82, 2.24) is 9.80 Å². The van der Waals surface area contributed by atoms with Crippen molar-refractivity contribution < 1.29 is 4.79 Å². The summed E-state index contributed by atoms with van der Waals surface area (Å²) in [5, 5.41) is 0. The number of rotatable bonds is 1. The molecule has 114 valence electrons. The molecule has 19 heavy (non-hydrogen) atoms. The predicted octanol–water partition coefficient (Wildman–Crippen LogP) is 4.51. The lowest BCUT2D eigenvalue weighted by Crippen LogP contribution is -2.63. The van der Waals surface area contributed by atoms with E-state index in [1.165, 1.54) is 0 Å². The lowest BCUT2D eigenvalue weighted by atomic mass is 9.95. The quantitative estimate of drug-likeness (QED) is 0.687. The average Bonchev–Trinajstić information content (AvgIpc) is 1.91. The molecule has 3 heteroatoms. The van der Waals surface area contributed by atoms with Gasteiger partial charge in [-0.15, -0.1) is 0 Å². The Hall–Kier alpha value is -0.730. The number of nitrogens with zero attached hydrogens (tertiary/aromatic N) is 2. The molecule has 2 amide bonds. The van der Waals surface area contributed by atoms with Crippen molar-refractivity contribution >= 4 is 6.03 Å². The van der Waals surface area contributed by atoms with Gasteiger partial charge < -0.3 is 9.80 Å². The van der Waals surface area contributed by atoms with Crippen molar-refractivity contribution in [2.75, 3.05) is 0 Å². The van der Waals surface area contributed by atoms with Gasteiger partial charge in [0.15, 0.2) is 0 Å². The Balaban J connectivity index is 5.66. The van der Waals surface area contributed by atoms with Crippen LogP contribution >= 0.6 is 0 Å². The van der Waals surface area contributed by atoms with Gasteiger partial charge in [-0.05, 0) is 76.2 Å². The first-order valence-corrected chi connectivity index (χ1v) is 7.24. The highest BCUT2D eigenvalue weighted by atomic mass is 16.2. The number of urea groups is 1.